The molecule has 0 amide bonds. The molecule has 3 N–H and O–H groups in total. The first kappa shape index (κ1) is 22.1. The minimum absolute atomic E-state index is 0.0193. The van der Waals surface area contributed by atoms with Gasteiger partial charge in [-0.25, -0.2) is 0 Å². The van der Waals surface area contributed by atoms with Gasteiger partial charge in [0.1, 0.15) is 0 Å². The summed E-state index contributed by atoms with van der Waals surface area (Å²) in [5.41, 5.74) is 2.79. The smallest absolute Gasteiger partial charge is 0.191 e. The van der Waals surface area contributed by atoms with Crippen LogP contribution in [0.4, 0.5) is 0 Å². The lowest BCUT2D eigenvalue weighted by molar-refractivity contribution is 0.0398. The van der Waals surface area contributed by atoms with Gasteiger partial charge in [-0.3, -0.25) is 4.99 Å². The largest absolute Gasteiger partial charge is 0.396 e. The molecule has 1 heterocycles. The van der Waals surface area contributed by atoms with Crippen LogP contribution in [0.2, 0.25) is 0 Å². The number of benzene rings is 1. The topological polar surface area (TPSA) is 75.1 Å². The minimum Gasteiger partial charge on any atom is -0.396 e. The van der Waals surface area contributed by atoms with E-state index in [0.717, 1.165) is 57.9 Å². The van der Waals surface area contributed by atoms with E-state index in [1.165, 1.54) is 24.0 Å². The maximum absolute atomic E-state index is 9.38. The van der Waals surface area contributed by atoms with E-state index in [1.807, 2.05) is 0 Å². The fraction of sp³-hybridized carbons (Fsp3) is 0.696. The molecule has 0 saturated carbocycles. The van der Waals surface area contributed by atoms with Gasteiger partial charge in [0.25, 0.3) is 0 Å². The van der Waals surface area contributed by atoms with Crippen molar-refractivity contribution in [1.82, 2.24) is 10.6 Å². The number of hydrogen-bond donors (Lipinski definition) is 3. The van der Waals surface area contributed by atoms with Crippen LogP contribution in [0.25, 0.3) is 0 Å². The summed E-state index contributed by atoms with van der Waals surface area (Å²) in [7, 11) is 0. The Morgan fingerprint density at radius 1 is 1.34 bits per heavy atom. The number of guanidine groups is 1. The predicted octanol–water partition coefficient (Wildman–Crippen LogP) is 2.81. The van der Waals surface area contributed by atoms with Crippen LogP contribution < -0.4 is 10.6 Å². The van der Waals surface area contributed by atoms with Gasteiger partial charge in [0.2, 0.25) is 0 Å². The Bertz CT molecular complexity index is 644. The van der Waals surface area contributed by atoms with Crippen molar-refractivity contribution in [3.63, 3.8) is 0 Å². The lowest BCUT2D eigenvalue weighted by atomic mass is 9.84. The van der Waals surface area contributed by atoms with Gasteiger partial charge < -0.3 is 25.2 Å². The van der Waals surface area contributed by atoms with Crippen LogP contribution in [0.1, 0.15) is 56.3 Å². The quantitative estimate of drug-likeness (QED) is 0.318. The van der Waals surface area contributed by atoms with E-state index in [9.17, 15) is 5.11 Å². The molecular weight excluding hydrogens is 366 g/mol. The maximum Gasteiger partial charge on any atom is 0.191 e. The van der Waals surface area contributed by atoms with Crippen molar-refractivity contribution < 1.29 is 14.6 Å². The van der Waals surface area contributed by atoms with Crippen LogP contribution in [0, 0.1) is 5.41 Å². The van der Waals surface area contributed by atoms with Crippen molar-refractivity contribution in [3.8, 4) is 0 Å². The molecule has 0 aromatic heterocycles. The first-order valence-electron chi connectivity index (χ1n) is 11.2. The second kappa shape index (κ2) is 11.5. The fourth-order valence-electron chi connectivity index (χ4n) is 4.26. The Kier molecular flexibility index (Phi) is 8.77. The maximum atomic E-state index is 9.38. The van der Waals surface area contributed by atoms with Crippen molar-refractivity contribution in [1.29, 1.82) is 0 Å². The number of nitrogens with zero attached hydrogens (tertiary/aromatic N) is 1. The van der Waals surface area contributed by atoms with Crippen molar-refractivity contribution in [2.75, 3.05) is 46.1 Å². The van der Waals surface area contributed by atoms with E-state index in [-0.39, 0.29) is 18.1 Å². The monoisotopic (exact) mass is 403 g/mol. The average Bonchev–Trinajstić information content (AvgIpc) is 3.21. The summed E-state index contributed by atoms with van der Waals surface area (Å²) >= 11 is 0. The second-order valence-corrected chi connectivity index (χ2v) is 8.20. The number of rotatable bonds is 10. The molecule has 162 valence electrons. The fourth-order valence-corrected chi connectivity index (χ4v) is 4.26. The van der Waals surface area contributed by atoms with Crippen molar-refractivity contribution in [3.05, 3.63) is 35.4 Å². The van der Waals surface area contributed by atoms with E-state index >= 15 is 0 Å². The number of hydrogen-bond acceptors (Lipinski definition) is 4. The predicted molar refractivity (Wildman–Crippen MR) is 116 cm³/mol. The number of aliphatic hydroxyl groups excluding tert-OH is 1. The summed E-state index contributed by atoms with van der Waals surface area (Å²) in [5.74, 6) is 0.833. The molecule has 6 heteroatoms. The van der Waals surface area contributed by atoms with Crippen LogP contribution in [0.5, 0.6) is 0 Å². The van der Waals surface area contributed by atoms with Gasteiger partial charge in [-0.2, -0.15) is 0 Å². The molecule has 2 atom stereocenters. The summed E-state index contributed by atoms with van der Waals surface area (Å²) < 4.78 is 11.8. The third kappa shape index (κ3) is 6.43. The van der Waals surface area contributed by atoms with Gasteiger partial charge in [0, 0.05) is 38.3 Å². The Hall–Kier alpha value is -1.63. The van der Waals surface area contributed by atoms with Gasteiger partial charge in [-0.15, -0.1) is 0 Å². The van der Waals surface area contributed by atoms with Crippen LogP contribution in [-0.4, -0.2) is 57.1 Å². The van der Waals surface area contributed by atoms with Crippen LogP contribution >= 0.6 is 0 Å². The standard InChI is InChI=1S/C23H37N3O3/c1-2-24-22(26-17-23(11-14-27)12-16-28-18-23)25-13-6-15-29-21-10-5-8-19-7-3-4-9-20(19)21/h3-4,7,9,21,27H,2,5-6,8,10-18H2,1H3,(H2,24,25,26). The zero-order chi connectivity index (χ0) is 20.4. The molecule has 1 aromatic carbocycles. The number of fused-ring (bicyclic) bond motifs is 1. The van der Waals surface area contributed by atoms with E-state index in [1.54, 1.807) is 0 Å². The lowest BCUT2D eigenvalue weighted by Gasteiger charge is -2.26. The van der Waals surface area contributed by atoms with Crippen LogP contribution in [-0.2, 0) is 15.9 Å². The minimum atomic E-state index is -0.0193. The normalized spacial score (nSPS) is 24.3. The van der Waals surface area contributed by atoms with Gasteiger partial charge in [0.15, 0.2) is 5.96 Å². The summed E-state index contributed by atoms with van der Waals surface area (Å²) in [6, 6.07) is 8.67. The van der Waals surface area contributed by atoms with Gasteiger partial charge in [-0.05, 0) is 56.6 Å². The summed E-state index contributed by atoms with van der Waals surface area (Å²) in [5, 5.41) is 16.1. The van der Waals surface area contributed by atoms with Crippen molar-refractivity contribution in [2.45, 2.75) is 51.6 Å². The Morgan fingerprint density at radius 3 is 3.03 bits per heavy atom. The lowest BCUT2D eigenvalue weighted by Crippen LogP contribution is -2.39. The van der Waals surface area contributed by atoms with Gasteiger partial charge in [0.05, 0.1) is 19.3 Å². The molecule has 6 nitrogen and oxygen atoms in total. The summed E-state index contributed by atoms with van der Waals surface area (Å²) in [6.45, 7) is 6.78. The molecule has 0 spiro atoms. The van der Waals surface area contributed by atoms with E-state index in [4.69, 9.17) is 14.5 Å². The highest BCUT2D eigenvalue weighted by Gasteiger charge is 2.34. The molecule has 1 saturated heterocycles. The molecule has 2 aliphatic rings. The van der Waals surface area contributed by atoms with E-state index in [0.29, 0.717) is 13.2 Å². The van der Waals surface area contributed by atoms with Gasteiger partial charge in [-0.1, -0.05) is 24.3 Å². The number of ether oxygens (including phenoxy) is 2. The number of aliphatic hydroxyl groups is 1. The highest BCUT2D eigenvalue weighted by molar-refractivity contribution is 5.79. The molecule has 3 rings (SSSR count). The third-order valence-corrected chi connectivity index (χ3v) is 5.99. The van der Waals surface area contributed by atoms with Crippen LogP contribution in [0.3, 0.4) is 0 Å². The van der Waals surface area contributed by atoms with Crippen molar-refractivity contribution in [2.24, 2.45) is 10.4 Å². The molecule has 0 radical (unpaired) electrons. The molecule has 1 aliphatic heterocycles. The van der Waals surface area contributed by atoms with E-state index < -0.39 is 0 Å². The first-order chi connectivity index (χ1) is 14.3. The molecule has 0 bridgehead atoms. The SMILES string of the molecule is CCNC(=NCC1(CCO)CCOC1)NCCCOC1CCCc2ccccc21. The Morgan fingerprint density at radius 2 is 2.24 bits per heavy atom. The van der Waals surface area contributed by atoms with Crippen molar-refractivity contribution >= 4 is 5.96 Å². The van der Waals surface area contributed by atoms with Gasteiger partial charge >= 0.3 is 0 Å². The number of aliphatic imine (C=N–C) groups is 1. The third-order valence-electron chi connectivity index (χ3n) is 5.99. The molecule has 1 aromatic rings. The summed E-state index contributed by atoms with van der Waals surface area (Å²) in [4.78, 5) is 4.77. The number of aryl methyl sites for hydroxylation is 1. The first-order valence-corrected chi connectivity index (χ1v) is 11.2. The zero-order valence-electron chi connectivity index (χ0n) is 17.8. The molecule has 1 aliphatic carbocycles. The average molecular weight is 404 g/mol. The highest BCUT2D eigenvalue weighted by Crippen LogP contribution is 2.33. The zero-order valence-corrected chi connectivity index (χ0v) is 17.8. The van der Waals surface area contributed by atoms with Crippen LogP contribution in [0.15, 0.2) is 29.3 Å². The summed E-state index contributed by atoms with van der Waals surface area (Å²) in [6.07, 6.45) is 6.37. The molecule has 2 unspecified atom stereocenters. The second-order valence-electron chi connectivity index (χ2n) is 8.20. The number of nitrogens with one attached hydrogen (secondary N) is 2. The Labute approximate surface area is 175 Å². The molecule has 29 heavy (non-hydrogen) atoms. The molecule has 1 fully saturated rings. The highest BCUT2D eigenvalue weighted by atomic mass is 16.5. The molecular formula is C23H37N3O3. The Balaban J connectivity index is 1.42. The van der Waals surface area contributed by atoms with E-state index in [2.05, 4.69) is 41.8 Å².